The maximum Gasteiger partial charge on any atom is 0.409 e. The van der Waals surface area contributed by atoms with Crippen LogP contribution in [0, 0.1) is 17.8 Å². The highest BCUT2D eigenvalue weighted by molar-refractivity contribution is 8.01. The minimum absolute atomic E-state index is 0.0558. The molecule has 5 amide bonds. The number of amides is 5. The van der Waals surface area contributed by atoms with Crippen LogP contribution < -0.4 is 30.4 Å². The number of allylic oxidation sites excluding steroid dienone is 3. The molecule has 0 spiro atoms. The molecule has 9 unspecified atom stereocenters. The van der Waals surface area contributed by atoms with Gasteiger partial charge in [-0.1, -0.05) is 70.0 Å². The number of likely N-dealkylation sites (N-methyl/N-ethyl adjacent to an activating group) is 1. The largest absolute Gasteiger partial charge is 0.495 e. The van der Waals surface area contributed by atoms with E-state index in [1.165, 1.54) is 40.8 Å². The first-order valence-electron chi connectivity index (χ1n) is 26.2. The van der Waals surface area contributed by atoms with Gasteiger partial charge in [0.15, 0.2) is 5.05 Å². The van der Waals surface area contributed by atoms with Gasteiger partial charge in [0.2, 0.25) is 35.4 Å². The van der Waals surface area contributed by atoms with Gasteiger partial charge in [-0.2, -0.15) is 0 Å². The molecule has 5 rings (SSSR count). The fourth-order valence-corrected chi connectivity index (χ4v) is 10.9. The van der Waals surface area contributed by atoms with Crippen molar-refractivity contribution in [1.29, 1.82) is 0 Å². The third kappa shape index (κ3) is 16.5. The lowest BCUT2D eigenvalue weighted by Crippen LogP contribution is -2.61. The fraction of sp³-hybridized carbons (Fsp3) is 0.636. The van der Waals surface area contributed by atoms with Crippen molar-refractivity contribution in [3.05, 3.63) is 58.7 Å². The highest BCUT2D eigenvalue weighted by Crippen LogP contribution is 2.48. The Kier molecular flexibility index (Phi) is 21.4. The minimum atomic E-state index is -1.63. The summed E-state index contributed by atoms with van der Waals surface area (Å²) in [5.74, 6) is -2.56. The number of aliphatic hydroxyl groups is 1. The van der Waals surface area contributed by atoms with Crippen molar-refractivity contribution in [2.45, 2.75) is 167 Å². The summed E-state index contributed by atoms with van der Waals surface area (Å²) in [6.07, 6.45) is 5.88. The maximum absolute atomic E-state index is 14.5. The number of thioether (sulfide) groups is 1. The summed E-state index contributed by atoms with van der Waals surface area (Å²) < 4.78 is 24.3. The second-order valence-corrected chi connectivity index (χ2v) is 24.6. The Hall–Kier alpha value is -5.06. The van der Waals surface area contributed by atoms with E-state index in [1.807, 2.05) is 85.8 Å². The summed E-state index contributed by atoms with van der Waals surface area (Å²) in [5, 5.41) is 40.7. The van der Waals surface area contributed by atoms with E-state index in [0.29, 0.717) is 56.7 Å². The summed E-state index contributed by atoms with van der Waals surface area (Å²) in [6.45, 7) is 19.5. The molecule has 3 aliphatic heterocycles. The van der Waals surface area contributed by atoms with Crippen LogP contribution >= 0.6 is 35.6 Å². The van der Waals surface area contributed by atoms with Crippen molar-refractivity contribution in [1.82, 2.24) is 25.6 Å². The first-order chi connectivity index (χ1) is 35.9. The number of rotatable bonds is 20. The topological polar surface area (TPSA) is 243 Å². The molecule has 1 aromatic carbocycles. The van der Waals surface area contributed by atoms with Crippen LogP contribution in [0.4, 0.5) is 10.5 Å². The Balaban J connectivity index is 1.19. The van der Waals surface area contributed by atoms with Gasteiger partial charge in [-0.3, -0.25) is 24.5 Å². The van der Waals surface area contributed by atoms with Crippen molar-refractivity contribution in [2.24, 2.45) is 17.8 Å². The molecule has 2 aromatic rings. The molecular weight excluding hydrogens is 1050 g/mol. The molecule has 428 valence electrons. The van der Waals surface area contributed by atoms with Gasteiger partial charge in [0.1, 0.15) is 34.2 Å². The number of carbonyl (C=O) groups is 5. The number of hydrogen-bond donors (Lipinski definition) is 6. The van der Waals surface area contributed by atoms with Gasteiger partial charge in [0.05, 0.1) is 42.7 Å². The highest BCUT2D eigenvalue weighted by atomic mass is 35.5. The number of hydrogen-bond acceptors (Lipinski definition) is 15. The van der Waals surface area contributed by atoms with Crippen molar-refractivity contribution in [3.8, 4) is 17.5 Å². The smallest absolute Gasteiger partial charge is 0.409 e. The number of ether oxygens (including phenoxy) is 4. The Morgan fingerprint density at radius 3 is 2.44 bits per heavy atom. The molecule has 4 bridgehead atoms. The zero-order valence-corrected chi connectivity index (χ0v) is 49.2. The third-order valence-corrected chi connectivity index (χ3v) is 17.3. The number of halogens is 1. The number of nitrogens with zero attached hydrogens (tertiary/aromatic N) is 3. The number of thiocarbonyl (C=S) groups is 1. The fourth-order valence-electron chi connectivity index (χ4n) is 9.50. The van der Waals surface area contributed by atoms with Crippen LogP contribution in [0.3, 0.4) is 0 Å². The van der Waals surface area contributed by atoms with Crippen LogP contribution in [0.25, 0.3) is 0 Å². The van der Waals surface area contributed by atoms with E-state index in [1.54, 1.807) is 27.9 Å². The number of benzene rings is 1. The lowest BCUT2D eigenvalue weighted by molar-refractivity contribution is -0.139. The normalized spacial score (nSPS) is 24.8. The molecule has 2 fully saturated rings. The Labute approximate surface area is 468 Å². The average molecular weight is 1130 g/mol. The molecule has 1 aromatic heterocycles. The van der Waals surface area contributed by atoms with Gasteiger partial charge in [0, 0.05) is 74.7 Å². The molecular formula is C55H81ClN6O13S2. The van der Waals surface area contributed by atoms with Crippen LogP contribution in [0.2, 0.25) is 5.02 Å². The first-order valence-corrected chi connectivity index (χ1v) is 28.0. The summed E-state index contributed by atoms with van der Waals surface area (Å²) in [4.78, 5) is 76.8. The van der Waals surface area contributed by atoms with Crippen molar-refractivity contribution >= 4 is 76.0 Å². The van der Waals surface area contributed by atoms with E-state index in [2.05, 4.69) is 16.0 Å². The first kappa shape index (κ1) is 62.8. The number of nitrogens with one attached hydrogen (secondary N) is 3. The number of carbonyl (C=O) groups excluding carboxylic acids is 5. The molecule has 0 radical (unpaired) electrons. The van der Waals surface area contributed by atoms with E-state index in [4.69, 9.17) is 47.6 Å². The molecule has 0 saturated carbocycles. The van der Waals surface area contributed by atoms with Crippen molar-refractivity contribution < 1.29 is 63.1 Å². The number of anilines is 1. The number of aromatic hydroxyl groups is 2. The average Bonchev–Trinajstić information content (AvgIpc) is 4.01. The summed E-state index contributed by atoms with van der Waals surface area (Å²) >= 11 is 13.6. The second kappa shape index (κ2) is 26.3. The van der Waals surface area contributed by atoms with E-state index < -0.39 is 75.7 Å². The Bertz CT molecular complexity index is 2520. The zero-order chi connectivity index (χ0) is 57.4. The van der Waals surface area contributed by atoms with Crippen LogP contribution in [0.5, 0.6) is 17.5 Å². The molecule has 19 nitrogen and oxygen atoms in total. The summed E-state index contributed by atoms with van der Waals surface area (Å²) in [7, 11) is 4.65. The standard InChI is InChI=1S/C55H81ClN6O13S2/c1-14-37-17-15-16-32(2)26-36-27-38(47(56)39(28-36)71-13)61(12)46(67)29-41(54(10)48(74-54)34(4)40-30-55(37,70)59-51(69)73-40)58-49(68)35(5)60(11)43(64)20-22-53(8,9)77-31-42(63)57-24-23-52(6,7)72-25-21-33(3)50(76)75-62-44(65)18-19-45(62)66/h15-19,27-28,33-35,37,40-41,48,65-66,70H,14,20-26,29-31H2,1-13H3,(H,57,63)(H,58,68)(H,59,69). The lowest BCUT2D eigenvalue weighted by atomic mass is 9.80. The molecule has 77 heavy (non-hydrogen) atoms. The van der Waals surface area contributed by atoms with Crippen LogP contribution in [-0.4, -0.2) is 146 Å². The summed E-state index contributed by atoms with van der Waals surface area (Å²) in [6, 6.07) is 4.31. The molecule has 3 aliphatic rings. The third-order valence-electron chi connectivity index (χ3n) is 15.1. The molecule has 2 saturated heterocycles. The number of methoxy groups -OCH3 is 1. The SMILES string of the molecule is CCC1C=CC=C(C)Cc2cc(OC)c(Cl)c(c2)N(C)C(=O)CC(NC(=O)C(C)N(C)C(=O)CCC(C)(C)SCC(=O)NCCC(C)(C)OCCC(C)C(=S)On2c(O)ccc2O)C2(C)OC2C(C)C2CC1(O)NC(=O)O2. The molecule has 6 N–H and O–H groups in total. The Morgan fingerprint density at radius 2 is 1.79 bits per heavy atom. The van der Waals surface area contributed by atoms with Gasteiger partial charge >= 0.3 is 6.09 Å². The van der Waals surface area contributed by atoms with Gasteiger partial charge in [-0.05, 0) is 96.6 Å². The number of epoxide rings is 1. The van der Waals surface area contributed by atoms with E-state index in [0.717, 1.165) is 15.9 Å². The monoisotopic (exact) mass is 1130 g/mol. The summed E-state index contributed by atoms with van der Waals surface area (Å²) in [5.41, 5.74) is -1.14. The van der Waals surface area contributed by atoms with Gasteiger partial charge < -0.3 is 59.5 Å². The Morgan fingerprint density at radius 1 is 1.12 bits per heavy atom. The predicted molar refractivity (Wildman–Crippen MR) is 300 cm³/mol. The van der Waals surface area contributed by atoms with Gasteiger partial charge in [-0.15, -0.1) is 16.5 Å². The van der Waals surface area contributed by atoms with E-state index in [-0.39, 0.29) is 64.6 Å². The lowest BCUT2D eigenvalue weighted by Gasteiger charge is -2.42. The van der Waals surface area contributed by atoms with E-state index in [9.17, 15) is 39.3 Å². The number of aromatic nitrogens is 1. The highest BCUT2D eigenvalue weighted by Gasteiger charge is 2.63. The molecule has 9 atom stereocenters. The van der Waals surface area contributed by atoms with Crippen molar-refractivity contribution in [2.75, 3.05) is 45.0 Å². The zero-order valence-electron chi connectivity index (χ0n) is 46.8. The second-order valence-electron chi connectivity index (χ2n) is 22.1. The molecule has 4 heterocycles. The van der Waals surface area contributed by atoms with Gasteiger partial charge in [-0.25, -0.2) is 4.79 Å². The number of alkyl carbamates (subject to hydrolysis) is 1. The quantitative estimate of drug-likeness (QED) is 0.0560. The van der Waals surface area contributed by atoms with Crippen molar-refractivity contribution in [3.63, 3.8) is 0 Å². The molecule has 0 aliphatic carbocycles. The molecule has 22 heteroatoms. The van der Waals surface area contributed by atoms with Gasteiger partial charge in [0.25, 0.3) is 0 Å². The number of fused-ring (bicyclic) bond motifs is 5. The minimum Gasteiger partial charge on any atom is -0.495 e. The van der Waals surface area contributed by atoms with E-state index >= 15 is 0 Å². The van der Waals surface area contributed by atoms with Crippen LogP contribution in [-0.2, 0) is 39.8 Å². The maximum atomic E-state index is 14.5. The predicted octanol–water partition coefficient (Wildman–Crippen LogP) is 7.39. The van der Waals surface area contributed by atoms with Crippen LogP contribution in [0.15, 0.2) is 48.1 Å². The van der Waals surface area contributed by atoms with Crippen LogP contribution in [0.1, 0.15) is 120 Å².